The van der Waals surface area contributed by atoms with Crippen molar-refractivity contribution in [3.63, 3.8) is 0 Å². The van der Waals surface area contributed by atoms with Gasteiger partial charge in [-0.1, -0.05) is 12.1 Å². The Morgan fingerprint density at radius 2 is 2.10 bits per heavy atom. The Bertz CT molecular complexity index is 608. The summed E-state index contributed by atoms with van der Waals surface area (Å²) >= 11 is 0. The number of amides is 1. The second-order valence-corrected chi connectivity index (χ2v) is 5.85. The van der Waals surface area contributed by atoms with Crippen molar-refractivity contribution in [3.8, 4) is 0 Å². The maximum Gasteiger partial charge on any atom is 0.319 e. The largest absolute Gasteiger partial charge is 0.480 e. The van der Waals surface area contributed by atoms with Crippen LogP contribution in [0.2, 0.25) is 0 Å². The van der Waals surface area contributed by atoms with Gasteiger partial charge in [-0.05, 0) is 6.42 Å². The van der Waals surface area contributed by atoms with E-state index in [1.165, 1.54) is 0 Å². The molecule has 0 aliphatic rings. The average Bonchev–Trinajstić information content (AvgIpc) is 2.67. The van der Waals surface area contributed by atoms with Crippen molar-refractivity contribution in [1.29, 1.82) is 0 Å². The molecule has 1 aromatic heterocycles. The lowest BCUT2D eigenvalue weighted by Gasteiger charge is -2.04. The van der Waals surface area contributed by atoms with Gasteiger partial charge < -0.3 is 16.2 Å². The Hall–Kier alpha value is -2.17. The van der Waals surface area contributed by atoms with E-state index in [2.05, 4.69) is 15.6 Å². The maximum atomic E-state index is 11.7. The summed E-state index contributed by atoms with van der Waals surface area (Å²) in [4.78, 5) is 21.9. The lowest BCUT2D eigenvalue weighted by molar-refractivity contribution is -0.134. The standard InChI is InChI=1S/C9H15N5O5S/c1-2-3-11-6(15)4-14-8(10)9(12-13-14)20(18,19)5-7(16)17/h2-5,10H2,1H3,(H,11,15)(H,16,17). The quantitative estimate of drug-likeness (QED) is 0.534. The molecular weight excluding hydrogens is 290 g/mol. The van der Waals surface area contributed by atoms with Crippen LogP contribution in [0.4, 0.5) is 5.82 Å². The van der Waals surface area contributed by atoms with Gasteiger partial charge in [0.25, 0.3) is 0 Å². The zero-order chi connectivity index (χ0) is 15.3. The summed E-state index contributed by atoms with van der Waals surface area (Å²) in [5.74, 6) is -3.43. The number of aromatic nitrogens is 3. The number of anilines is 1. The summed E-state index contributed by atoms with van der Waals surface area (Å²) < 4.78 is 24.2. The van der Waals surface area contributed by atoms with Crippen LogP contribution in [-0.4, -0.2) is 52.7 Å². The summed E-state index contributed by atoms with van der Waals surface area (Å²) in [5.41, 5.74) is 5.53. The molecule has 0 radical (unpaired) electrons. The normalized spacial score (nSPS) is 11.2. The van der Waals surface area contributed by atoms with Crippen LogP contribution in [0.25, 0.3) is 0 Å². The van der Waals surface area contributed by atoms with Crippen LogP contribution in [0.5, 0.6) is 0 Å². The maximum absolute atomic E-state index is 11.7. The van der Waals surface area contributed by atoms with Crippen molar-refractivity contribution in [2.75, 3.05) is 18.0 Å². The number of nitrogens with one attached hydrogen (secondary N) is 1. The molecule has 11 heteroatoms. The zero-order valence-electron chi connectivity index (χ0n) is 10.7. The molecule has 1 heterocycles. The van der Waals surface area contributed by atoms with E-state index < -0.39 is 32.5 Å². The van der Waals surface area contributed by atoms with E-state index in [4.69, 9.17) is 10.8 Å². The van der Waals surface area contributed by atoms with Crippen molar-refractivity contribution in [2.45, 2.75) is 24.9 Å². The number of carbonyl (C=O) groups excluding carboxylic acids is 1. The summed E-state index contributed by atoms with van der Waals surface area (Å²) in [6.07, 6.45) is 0.747. The molecule has 0 saturated carbocycles. The molecule has 0 fully saturated rings. The van der Waals surface area contributed by atoms with Crippen LogP contribution >= 0.6 is 0 Å². The van der Waals surface area contributed by atoms with Gasteiger partial charge in [-0.25, -0.2) is 13.1 Å². The van der Waals surface area contributed by atoms with E-state index in [-0.39, 0.29) is 12.4 Å². The number of carbonyl (C=O) groups is 2. The Kier molecular flexibility index (Phi) is 5.02. The first-order valence-electron chi connectivity index (χ1n) is 5.68. The number of carboxylic acid groups (broad SMARTS) is 1. The minimum Gasteiger partial charge on any atom is -0.480 e. The minimum absolute atomic E-state index is 0.290. The lowest BCUT2D eigenvalue weighted by Crippen LogP contribution is -2.29. The SMILES string of the molecule is CCCNC(=O)Cn1nnc(S(=O)(=O)CC(=O)O)c1N. The highest BCUT2D eigenvalue weighted by molar-refractivity contribution is 7.92. The Morgan fingerprint density at radius 1 is 1.45 bits per heavy atom. The fourth-order valence-electron chi connectivity index (χ4n) is 1.33. The molecule has 0 saturated heterocycles. The number of hydrogen-bond acceptors (Lipinski definition) is 7. The van der Waals surface area contributed by atoms with E-state index in [0.717, 1.165) is 11.1 Å². The van der Waals surface area contributed by atoms with Gasteiger partial charge in [0.15, 0.2) is 11.6 Å². The second-order valence-electron chi connectivity index (χ2n) is 3.94. The molecule has 0 bridgehead atoms. The predicted molar refractivity (Wildman–Crippen MR) is 67.4 cm³/mol. The van der Waals surface area contributed by atoms with E-state index in [0.29, 0.717) is 6.54 Å². The monoisotopic (exact) mass is 305 g/mol. The number of nitrogens with two attached hydrogens (primary N) is 1. The highest BCUT2D eigenvalue weighted by atomic mass is 32.2. The molecule has 0 aromatic carbocycles. The first kappa shape index (κ1) is 15.9. The van der Waals surface area contributed by atoms with Crippen LogP contribution in [0.3, 0.4) is 0 Å². The number of hydrogen-bond donors (Lipinski definition) is 3. The molecule has 1 amide bonds. The highest BCUT2D eigenvalue weighted by Gasteiger charge is 2.27. The summed E-state index contributed by atoms with van der Waals surface area (Å²) in [7, 11) is -4.17. The summed E-state index contributed by atoms with van der Waals surface area (Å²) in [6, 6.07) is 0. The van der Waals surface area contributed by atoms with Gasteiger partial charge in [-0.2, -0.15) is 0 Å². The molecular formula is C9H15N5O5S. The van der Waals surface area contributed by atoms with Gasteiger partial charge in [0, 0.05) is 6.54 Å². The third kappa shape index (κ3) is 3.91. The number of sulfone groups is 1. The third-order valence-corrected chi connectivity index (χ3v) is 3.72. The number of nitrogen functional groups attached to an aromatic ring is 1. The van der Waals surface area contributed by atoms with Crippen LogP contribution in [0.15, 0.2) is 5.03 Å². The molecule has 0 unspecified atom stereocenters. The van der Waals surface area contributed by atoms with Gasteiger partial charge in [-0.3, -0.25) is 9.59 Å². The molecule has 0 spiro atoms. The van der Waals surface area contributed by atoms with Crippen LogP contribution in [0.1, 0.15) is 13.3 Å². The molecule has 0 aliphatic carbocycles. The van der Waals surface area contributed by atoms with E-state index in [1.54, 1.807) is 0 Å². The summed E-state index contributed by atoms with van der Waals surface area (Å²) in [5, 5.41) is 17.2. The number of rotatable bonds is 7. The zero-order valence-corrected chi connectivity index (χ0v) is 11.6. The van der Waals surface area contributed by atoms with Crippen molar-refractivity contribution in [3.05, 3.63) is 0 Å². The minimum atomic E-state index is -4.17. The molecule has 1 rings (SSSR count). The highest BCUT2D eigenvalue weighted by Crippen LogP contribution is 2.15. The van der Waals surface area contributed by atoms with Gasteiger partial charge in [-0.15, -0.1) is 5.10 Å². The Balaban J connectivity index is 2.90. The fraction of sp³-hybridized carbons (Fsp3) is 0.556. The van der Waals surface area contributed by atoms with Crippen LogP contribution in [-0.2, 0) is 26.0 Å². The molecule has 0 aliphatic heterocycles. The average molecular weight is 305 g/mol. The molecule has 112 valence electrons. The lowest BCUT2D eigenvalue weighted by atomic mass is 10.4. The summed E-state index contributed by atoms with van der Waals surface area (Å²) in [6.45, 7) is 2.06. The third-order valence-electron chi connectivity index (χ3n) is 2.21. The fourth-order valence-corrected chi connectivity index (χ4v) is 2.38. The van der Waals surface area contributed by atoms with E-state index in [1.807, 2.05) is 6.92 Å². The first-order chi connectivity index (χ1) is 9.27. The molecule has 20 heavy (non-hydrogen) atoms. The molecule has 10 nitrogen and oxygen atoms in total. The van der Waals surface area contributed by atoms with Crippen molar-refractivity contribution in [1.82, 2.24) is 20.3 Å². The molecule has 1 aromatic rings. The topological polar surface area (TPSA) is 157 Å². The number of aliphatic carboxylic acids is 1. The van der Waals surface area contributed by atoms with Gasteiger partial charge in [0.05, 0.1) is 0 Å². The Morgan fingerprint density at radius 3 is 2.65 bits per heavy atom. The van der Waals surface area contributed by atoms with Crippen LogP contribution < -0.4 is 11.1 Å². The molecule has 4 N–H and O–H groups in total. The van der Waals surface area contributed by atoms with Crippen molar-refractivity contribution < 1.29 is 23.1 Å². The number of carboxylic acids is 1. The second kappa shape index (κ2) is 6.32. The van der Waals surface area contributed by atoms with E-state index >= 15 is 0 Å². The van der Waals surface area contributed by atoms with Crippen molar-refractivity contribution >= 4 is 27.5 Å². The van der Waals surface area contributed by atoms with Gasteiger partial charge in [0.2, 0.25) is 20.8 Å². The first-order valence-corrected chi connectivity index (χ1v) is 7.33. The smallest absolute Gasteiger partial charge is 0.319 e. The Labute approximate surface area is 114 Å². The van der Waals surface area contributed by atoms with Gasteiger partial charge in [0.1, 0.15) is 6.54 Å². The molecule has 0 atom stereocenters. The van der Waals surface area contributed by atoms with Crippen molar-refractivity contribution in [2.24, 2.45) is 0 Å². The van der Waals surface area contributed by atoms with Gasteiger partial charge >= 0.3 is 5.97 Å². The van der Waals surface area contributed by atoms with Crippen LogP contribution in [0, 0.1) is 0 Å². The van der Waals surface area contributed by atoms with E-state index in [9.17, 15) is 18.0 Å². The predicted octanol–water partition coefficient (Wildman–Crippen LogP) is -1.76. The number of nitrogens with zero attached hydrogens (tertiary/aromatic N) is 3.